The summed E-state index contributed by atoms with van der Waals surface area (Å²) >= 11 is 0. The Morgan fingerprint density at radius 1 is 1.11 bits per heavy atom. The van der Waals surface area contributed by atoms with Crippen molar-refractivity contribution in [3.63, 3.8) is 0 Å². The van der Waals surface area contributed by atoms with E-state index in [1.807, 2.05) is 43.3 Å². The number of hydrogen-bond acceptors (Lipinski definition) is 3. The first-order chi connectivity index (χ1) is 12.9. The lowest BCUT2D eigenvalue weighted by Gasteiger charge is -2.27. The van der Waals surface area contributed by atoms with Gasteiger partial charge in [0.1, 0.15) is 11.4 Å². The molecule has 0 spiro atoms. The van der Waals surface area contributed by atoms with Gasteiger partial charge >= 0.3 is 0 Å². The van der Waals surface area contributed by atoms with Crippen LogP contribution in [0.4, 0.5) is 5.69 Å². The first-order valence-corrected chi connectivity index (χ1v) is 10.00. The van der Waals surface area contributed by atoms with Gasteiger partial charge in [0.15, 0.2) is 0 Å². The summed E-state index contributed by atoms with van der Waals surface area (Å²) in [6.45, 7) is 8.18. The molecule has 2 atom stereocenters. The van der Waals surface area contributed by atoms with E-state index in [0.717, 1.165) is 47.9 Å². The molecule has 0 saturated heterocycles. The summed E-state index contributed by atoms with van der Waals surface area (Å²) in [4.78, 5) is 12.9. The maximum Gasteiger partial charge on any atom is 0.256 e. The molecule has 27 heavy (non-hydrogen) atoms. The van der Waals surface area contributed by atoms with Crippen LogP contribution in [0.2, 0.25) is 0 Å². The second kappa shape index (κ2) is 9.75. The molecule has 4 nitrogen and oxygen atoms in total. The van der Waals surface area contributed by atoms with Crippen LogP contribution in [0.5, 0.6) is 5.75 Å². The van der Waals surface area contributed by atoms with Crippen LogP contribution in [0.3, 0.4) is 0 Å². The molecule has 0 aliphatic rings. The Balaban J connectivity index is 2.28. The molecule has 0 aromatic heterocycles. The topological polar surface area (TPSA) is 47.6 Å². The average molecular weight is 372 g/mol. The van der Waals surface area contributed by atoms with E-state index in [1.165, 1.54) is 0 Å². The van der Waals surface area contributed by atoms with E-state index in [-0.39, 0.29) is 12.0 Å². The van der Waals surface area contributed by atoms with Gasteiger partial charge in [0, 0.05) is 23.6 Å². The molecule has 0 unspecified atom stereocenters. The quantitative estimate of drug-likeness (QED) is 0.526. The summed E-state index contributed by atoms with van der Waals surface area (Å²) in [6.07, 6.45) is 4.97. The molecule has 0 fully saturated rings. The molecule has 2 rings (SSSR count). The number of hydrogen-bond donors (Lipinski definition) is 1. The summed E-state index contributed by atoms with van der Waals surface area (Å²) in [7, 11) is 1.60. The third-order valence-electron chi connectivity index (χ3n) is 5.22. The average Bonchev–Trinajstić information content (AvgIpc) is 2.69. The number of amides is 1. The fourth-order valence-corrected chi connectivity index (χ4v) is 3.06. The molecule has 0 heterocycles. The van der Waals surface area contributed by atoms with Gasteiger partial charge in [-0.3, -0.25) is 4.79 Å². The van der Waals surface area contributed by atoms with Crippen molar-refractivity contribution in [1.82, 2.24) is 0 Å². The Bertz CT molecular complexity index is 758. The van der Waals surface area contributed by atoms with Gasteiger partial charge in [0.05, 0.1) is 6.10 Å². The number of carbonyl (C=O) groups is 1. The second-order valence-corrected chi connectivity index (χ2v) is 7.34. The van der Waals surface area contributed by atoms with Crippen molar-refractivity contribution >= 4 is 22.4 Å². The summed E-state index contributed by atoms with van der Waals surface area (Å²) in [6, 6.07) is 11.9. The molecule has 0 bridgehead atoms. The minimum absolute atomic E-state index is 0.109. The molecule has 148 valence electrons. The molecular formula is C23H33NO3. The van der Waals surface area contributed by atoms with Crippen molar-refractivity contribution in [2.24, 2.45) is 0 Å². The number of carbonyl (C=O) groups excluding carboxylic acids is 1. The number of benzene rings is 2. The fraction of sp³-hybridized carbons (Fsp3) is 0.522. The third kappa shape index (κ3) is 5.23. The summed E-state index contributed by atoms with van der Waals surface area (Å²) in [5.74, 6) is 0.734. The van der Waals surface area contributed by atoms with E-state index in [1.54, 1.807) is 7.11 Å². The minimum atomic E-state index is -0.831. The Morgan fingerprint density at radius 2 is 1.81 bits per heavy atom. The Labute approximate surface area is 163 Å². The number of unbranched alkanes of at least 4 members (excludes halogenated alkanes) is 2. The lowest BCUT2D eigenvalue weighted by molar-refractivity contribution is -0.136. The first-order valence-electron chi connectivity index (χ1n) is 10.00. The van der Waals surface area contributed by atoms with Crippen LogP contribution in [0, 0.1) is 0 Å². The van der Waals surface area contributed by atoms with Crippen LogP contribution in [0.25, 0.3) is 10.8 Å². The lowest BCUT2D eigenvalue weighted by Crippen LogP contribution is -2.42. The van der Waals surface area contributed by atoms with Crippen molar-refractivity contribution in [2.75, 3.05) is 12.4 Å². The second-order valence-electron chi connectivity index (χ2n) is 7.34. The molecule has 1 N–H and O–H groups in total. The maximum absolute atomic E-state index is 12.9. The summed E-state index contributed by atoms with van der Waals surface area (Å²) < 4.78 is 11.6. The molecule has 0 aliphatic heterocycles. The normalized spacial score (nSPS) is 14.6. The Kier molecular flexibility index (Phi) is 7.66. The lowest BCUT2D eigenvalue weighted by atomic mass is 9.96. The maximum atomic E-state index is 12.9. The van der Waals surface area contributed by atoms with E-state index in [0.29, 0.717) is 6.42 Å². The molecule has 0 radical (unpaired) electrons. The predicted octanol–water partition coefficient (Wildman–Crippen LogP) is 5.94. The largest absolute Gasteiger partial charge is 0.490 e. The van der Waals surface area contributed by atoms with E-state index in [2.05, 4.69) is 26.1 Å². The summed E-state index contributed by atoms with van der Waals surface area (Å²) in [5.41, 5.74) is -0.0480. The van der Waals surface area contributed by atoms with Crippen LogP contribution in [-0.2, 0) is 9.53 Å². The van der Waals surface area contributed by atoms with Gasteiger partial charge in [0.25, 0.3) is 5.91 Å². The van der Waals surface area contributed by atoms with Crippen molar-refractivity contribution in [3.05, 3.63) is 36.4 Å². The number of anilines is 1. The minimum Gasteiger partial charge on any atom is -0.490 e. The van der Waals surface area contributed by atoms with Gasteiger partial charge in [-0.1, -0.05) is 57.4 Å². The number of nitrogens with one attached hydrogen (secondary N) is 1. The molecule has 1 amide bonds. The smallest absolute Gasteiger partial charge is 0.256 e. The van der Waals surface area contributed by atoms with Crippen LogP contribution in [-0.4, -0.2) is 24.7 Å². The highest BCUT2D eigenvalue weighted by Gasteiger charge is 2.32. The van der Waals surface area contributed by atoms with Crippen molar-refractivity contribution in [3.8, 4) is 5.75 Å². The monoisotopic (exact) mass is 371 g/mol. The van der Waals surface area contributed by atoms with Gasteiger partial charge in [-0.2, -0.15) is 0 Å². The zero-order valence-electron chi connectivity index (χ0n) is 17.3. The highest BCUT2D eigenvalue weighted by molar-refractivity contribution is 6.06. The van der Waals surface area contributed by atoms with Crippen LogP contribution < -0.4 is 10.1 Å². The SMILES string of the molecule is CCCCC[C@@](C)(OC)C(=O)Nc1ccc(O[C@H](C)CC)c2ccccc12. The van der Waals surface area contributed by atoms with Gasteiger partial charge in [0.2, 0.25) is 0 Å². The Morgan fingerprint density at radius 3 is 2.44 bits per heavy atom. The molecular weight excluding hydrogens is 338 g/mol. The van der Waals surface area contributed by atoms with Crippen molar-refractivity contribution < 1.29 is 14.3 Å². The standard InChI is InChI=1S/C23H33NO3/c1-6-8-11-16-23(4,26-5)22(25)24-20-14-15-21(27-17(3)7-2)19-13-10-9-12-18(19)20/h9-10,12-15,17H,6-8,11,16H2,1-5H3,(H,24,25)/t17-,23-/m1/s1. The summed E-state index contributed by atoms with van der Waals surface area (Å²) in [5, 5.41) is 5.05. The molecule has 4 heteroatoms. The highest BCUT2D eigenvalue weighted by Crippen LogP contribution is 2.33. The molecule has 2 aromatic carbocycles. The van der Waals surface area contributed by atoms with Gasteiger partial charge in [-0.05, 0) is 38.8 Å². The third-order valence-corrected chi connectivity index (χ3v) is 5.22. The number of fused-ring (bicyclic) bond motifs is 1. The number of ether oxygens (including phenoxy) is 2. The van der Waals surface area contributed by atoms with Gasteiger partial charge < -0.3 is 14.8 Å². The van der Waals surface area contributed by atoms with Gasteiger partial charge in [-0.15, -0.1) is 0 Å². The zero-order valence-corrected chi connectivity index (χ0v) is 17.3. The van der Waals surface area contributed by atoms with Crippen LogP contribution in [0.15, 0.2) is 36.4 Å². The fourth-order valence-electron chi connectivity index (χ4n) is 3.06. The first kappa shape index (κ1) is 21.2. The van der Waals surface area contributed by atoms with E-state index in [4.69, 9.17) is 9.47 Å². The van der Waals surface area contributed by atoms with Crippen molar-refractivity contribution in [1.29, 1.82) is 0 Å². The Hall–Kier alpha value is -2.07. The van der Waals surface area contributed by atoms with Crippen LogP contribution >= 0.6 is 0 Å². The van der Waals surface area contributed by atoms with E-state index >= 15 is 0 Å². The molecule has 0 saturated carbocycles. The zero-order chi connectivity index (χ0) is 19.9. The highest BCUT2D eigenvalue weighted by atomic mass is 16.5. The number of methoxy groups -OCH3 is 1. The molecule has 0 aliphatic carbocycles. The van der Waals surface area contributed by atoms with E-state index in [9.17, 15) is 4.79 Å². The van der Waals surface area contributed by atoms with Crippen LogP contribution in [0.1, 0.15) is 59.8 Å². The van der Waals surface area contributed by atoms with E-state index < -0.39 is 5.60 Å². The van der Waals surface area contributed by atoms with Gasteiger partial charge in [-0.25, -0.2) is 0 Å². The number of rotatable bonds is 10. The predicted molar refractivity (Wildman–Crippen MR) is 113 cm³/mol. The molecule has 2 aromatic rings. The van der Waals surface area contributed by atoms with Crippen molar-refractivity contribution in [2.45, 2.75) is 71.5 Å².